The Morgan fingerprint density at radius 3 is 3.06 bits per heavy atom. The predicted molar refractivity (Wildman–Crippen MR) is 80.2 cm³/mol. The molecule has 18 heavy (non-hydrogen) atoms. The molecule has 1 unspecified atom stereocenters. The molecule has 0 aliphatic rings. The molecule has 1 atom stereocenters. The van der Waals surface area contributed by atoms with Gasteiger partial charge in [-0.2, -0.15) is 11.8 Å². The summed E-state index contributed by atoms with van der Waals surface area (Å²) in [5, 5.41) is 2.98. The Bertz CT molecular complexity index is 445. The maximum Gasteiger partial charge on any atom is 0.261 e. The summed E-state index contributed by atoms with van der Waals surface area (Å²) in [5.74, 6) is 7.69. The van der Waals surface area contributed by atoms with Gasteiger partial charge in [0.05, 0.1) is 16.3 Å². The van der Waals surface area contributed by atoms with E-state index in [9.17, 15) is 4.79 Å². The Morgan fingerprint density at radius 2 is 2.39 bits per heavy atom. The van der Waals surface area contributed by atoms with Crippen LogP contribution in [-0.4, -0.2) is 30.0 Å². The second kappa shape index (κ2) is 8.20. The minimum Gasteiger partial charge on any atom is -0.348 e. The van der Waals surface area contributed by atoms with Crippen molar-refractivity contribution >= 4 is 29.0 Å². The number of amides is 1. The van der Waals surface area contributed by atoms with Gasteiger partial charge < -0.3 is 11.1 Å². The van der Waals surface area contributed by atoms with Crippen molar-refractivity contribution in [3.8, 4) is 11.8 Å². The van der Waals surface area contributed by atoms with Crippen LogP contribution in [0.3, 0.4) is 0 Å². The molecule has 3 N–H and O–H groups in total. The molecular formula is C13H18N2OS2. The van der Waals surface area contributed by atoms with Crippen molar-refractivity contribution in [3.05, 3.63) is 21.9 Å². The van der Waals surface area contributed by atoms with Gasteiger partial charge in [-0.25, -0.2) is 0 Å². The summed E-state index contributed by atoms with van der Waals surface area (Å²) in [7, 11) is 0. The van der Waals surface area contributed by atoms with Gasteiger partial charge in [-0.05, 0) is 24.8 Å². The first-order valence-electron chi connectivity index (χ1n) is 5.84. The molecule has 1 heterocycles. The molecule has 98 valence electrons. The Kier molecular flexibility index (Phi) is 6.88. The van der Waals surface area contributed by atoms with Crippen molar-refractivity contribution < 1.29 is 4.79 Å². The number of nitrogens with two attached hydrogens (primary N) is 1. The Morgan fingerprint density at radius 1 is 1.61 bits per heavy atom. The van der Waals surface area contributed by atoms with Crippen molar-refractivity contribution in [2.75, 3.05) is 18.1 Å². The number of nitrogens with one attached hydrogen (secondary N) is 1. The standard InChI is InChI=1S/C13H18N2OS2/c1-3-17-9-10(2)15-13(16)12-7-6-11(18-12)5-4-8-14/h6-7,10H,3,8-9,14H2,1-2H3,(H,15,16). The lowest BCUT2D eigenvalue weighted by Crippen LogP contribution is -2.33. The van der Waals surface area contributed by atoms with Crippen LogP contribution in [0.4, 0.5) is 0 Å². The van der Waals surface area contributed by atoms with E-state index < -0.39 is 0 Å². The van der Waals surface area contributed by atoms with Crippen LogP contribution in [0.1, 0.15) is 28.4 Å². The van der Waals surface area contributed by atoms with Gasteiger partial charge in [-0.1, -0.05) is 18.8 Å². The summed E-state index contributed by atoms with van der Waals surface area (Å²) in [5.41, 5.74) is 5.30. The Hall–Kier alpha value is -0.960. The quantitative estimate of drug-likeness (QED) is 0.811. The zero-order chi connectivity index (χ0) is 13.4. The summed E-state index contributed by atoms with van der Waals surface area (Å²) in [4.78, 5) is 13.5. The third-order valence-corrected chi connectivity index (χ3v) is 4.24. The first-order valence-corrected chi connectivity index (χ1v) is 7.81. The highest BCUT2D eigenvalue weighted by molar-refractivity contribution is 7.99. The predicted octanol–water partition coefficient (Wildman–Crippen LogP) is 1.93. The third-order valence-electron chi connectivity index (χ3n) is 2.09. The molecule has 1 rings (SSSR count). The fraction of sp³-hybridized carbons (Fsp3) is 0.462. The molecule has 0 aliphatic heterocycles. The zero-order valence-electron chi connectivity index (χ0n) is 10.7. The van der Waals surface area contributed by atoms with Gasteiger partial charge in [-0.15, -0.1) is 11.3 Å². The van der Waals surface area contributed by atoms with Crippen LogP contribution in [0.2, 0.25) is 0 Å². The van der Waals surface area contributed by atoms with E-state index in [0.717, 1.165) is 16.4 Å². The average Bonchev–Trinajstić information content (AvgIpc) is 2.82. The lowest BCUT2D eigenvalue weighted by Gasteiger charge is -2.11. The molecule has 0 radical (unpaired) electrons. The van der Waals surface area contributed by atoms with Crippen molar-refractivity contribution in [3.63, 3.8) is 0 Å². The fourth-order valence-corrected chi connectivity index (χ4v) is 2.75. The highest BCUT2D eigenvalue weighted by atomic mass is 32.2. The highest BCUT2D eigenvalue weighted by Crippen LogP contribution is 2.15. The lowest BCUT2D eigenvalue weighted by molar-refractivity contribution is 0.0948. The van der Waals surface area contributed by atoms with E-state index in [1.165, 1.54) is 11.3 Å². The Labute approximate surface area is 117 Å². The van der Waals surface area contributed by atoms with Crippen molar-refractivity contribution in [1.82, 2.24) is 5.32 Å². The SMILES string of the molecule is CCSCC(C)NC(=O)c1ccc(C#CCN)s1. The molecule has 1 aromatic heterocycles. The molecule has 1 amide bonds. The molecule has 1 aromatic rings. The van der Waals surface area contributed by atoms with E-state index in [1.54, 1.807) is 6.07 Å². The summed E-state index contributed by atoms with van der Waals surface area (Å²) < 4.78 is 0. The summed E-state index contributed by atoms with van der Waals surface area (Å²) >= 11 is 3.22. The first-order chi connectivity index (χ1) is 8.67. The number of carbonyl (C=O) groups excluding carboxylic acids is 1. The molecule has 5 heteroatoms. The molecule has 0 saturated carbocycles. The molecule has 0 aromatic carbocycles. The van der Waals surface area contributed by atoms with E-state index in [2.05, 4.69) is 24.1 Å². The van der Waals surface area contributed by atoms with Crippen molar-refractivity contribution in [2.45, 2.75) is 19.9 Å². The maximum absolute atomic E-state index is 11.9. The Balaban J connectivity index is 2.53. The van der Waals surface area contributed by atoms with Crippen LogP contribution in [0.25, 0.3) is 0 Å². The van der Waals surface area contributed by atoms with E-state index >= 15 is 0 Å². The first kappa shape index (κ1) is 15.1. The van der Waals surface area contributed by atoms with Gasteiger partial charge in [0.15, 0.2) is 0 Å². The third kappa shape index (κ3) is 5.13. The molecule has 0 bridgehead atoms. The van der Waals surface area contributed by atoms with Crippen molar-refractivity contribution in [1.29, 1.82) is 0 Å². The monoisotopic (exact) mass is 282 g/mol. The van der Waals surface area contributed by atoms with Gasteiger partial charge in [0.25, 0.3) is 5.91 Å². The molecule has 0 spiro atoms. The van der Waals surface area contributed by atoms with Crippen LogP contribution in [0, 0.1) is 11.8 Å². The van der Waals surface area contributed by atoms with Gasteiger partial charge in [0.1, 0.15) is 0 Å². The smallest absolute Gasteiger partial charge is 0.261 e. The normalized spacial score (nSPS) is 11.5. The van der Waals surface area contributed by atoms with Gasteiger partial charge >= 0.3 is 0 Å². The lowest BCUT2D eigenvalue weighted by atomic mass is 10.3. The summed E-state index contributed by atoms with van der Waals surface area (Å²) in [6.07, 6.45) is 0. The minimum absolute atomic E-state index is 0.0231. The summed E-state index contributed by atoms with van der Waals surface area (Å²) in [6, 6.07) is 3.84. The van der Waals surface area contributed by atoms with E-state index in [0.29, 0.717) is 11.4 Å². The second-order valence-corrected chi connectivity index (χ2v) is 6.11. The van der Waals surface area contributed by atoms with E-state index in [-0.39, 0.29) is 11.9 Å². The van der Waals surface area contributed by atoms with Crippen LogP contribution >= 0.6 is 23.1 Å². The molecule has 0 saturated heterocycles. The van der Waals surface area contributed by atoms with Gasteiger partial charge in [0, 0.05) is 11.8 Å². The minimum atomic E-state index is -0.0231. The maximum atomic E-state index is 11.9. The summed E-state index contributed by atoms with van der Waals surface area (Å²) in [6.45, 7) is 4.47. The molecule has 0 fully saturated rings. The molecule has 0 aliphatic carbocycles. The fourth-order valence-electron chi connectivity index (χ4n) is 1.30. The van der Waals surface area contributed by atoms with Crippen LogP contribution in [0.5, 0.6) is 0 Å². The largest absolute Gasteiger partial charge is 0.348 e. The van der Waals surface area contributed by atoms with E-state index in [4.69, 9.17) is 5.73 Å². The van der Waals surface area contributed by atoms with Crippen LogP contribution in [-0.2, 0) is 0 Å². The molecule has 3 nitrogen and oxygen atoms in total. The number of carbonyl (C=O) groups is 1. The zero-order valence-corrected chi connectivity index (χ0v) is 12.3. The topological polar surface area (TPSA) is 55.1 Å². The number of rotatable bonds is 5. The number of thioether (sulfide) groups is 1. The van der Waals surface area contributed by atoms with Gasteiger partial charge in [-0.3, -0.25) is 4.79 Å². The number of thiophene rings is 1. The average molecular weight is 282 g/mol. The van der Waals surface area contributed by atoms with Crippen LogP contribution < -0.4 is 11.1 Å². The van der Waals surface area contributed by atoms with Crippen LogP contribution in [0.15, 0.2) is 12.1 Å². The van der Waals surface area contributed by atoms with E-state index in [1.807, 2.05) is 24.8 Å². The highest BCUT2D eigenvalue weighted by Gasteiger charge is 2.11. The second-order valence-electron chi connectivity index (χ2n) is 3.70. The van der Waals surface area contributed by atoms with Crippen molar-refractivity contribution in [2.24, 2.45) is 5.73 Å². The molecular weight excluding hydrogens is 264 g/mol. The van der Waals surface area contributed by atoms with Gasteiger partial charge in [0.2, 0.25) is 0 Å². The number of hydrogen-bond donors (Lipinski definition) is 2. The number of hydrogen-bond acceptors (Lipinski definition) is 4.